The Labute approximate surface area is 127 Å². The van der Waals surface area contributed by atoms with Gasteiger partial charge in [-0.25, -0.2) is 0 Å². The molecule has 0 aromatic heterocycles. The lowest BCUT2D eigenvalue weighted by molar-refractivity contribution is 0.0735. The lowest BCUT2D eigenvalue weighted by Gasteiger charge is -2.23. The molecule has 0 heterocycles. The standard InChI is InChI=1S/C17H26N2O2/c1-4-21-16-8-5-13(11-15(16)18)17(20)19(14-6-7-14)10-9-12(2)3/h5,8,11-12,14H,4,6-7,9-10,18H2,1-3H3. The number of hydrogen-bond acceptors (Lipinski definition) is 3. The van der Waals surface area contributed by atoms with Crippen LogP contribution in [-0.2, 0) is 0 Å². The quantitative estimate of drug-likeness (QED) is 0.784. The normalized spacial score (nSPS) is 14.3. The van der Waals surface area contributed by atoms with E-state index >= 15 is 0 Å². The third kappa shape index (κ3) is 4.13. The number of amides is 1. The summed E-state index contributed by atoms with van der Waals surface area (Å²) < 4.78 is 5.42. The number of rotatable bonds is 7. The van der Waals surface area contributed by atoms with Crippen LogP contribution in [0.5, 0.6) is 5.75 Å². The van der Waals surface area contributed by atoms with E-state index in [0.29, 0.717) is 35.6 Å². The summed E-state index contributed by atoms with van der Waals surface area (Å²) in [5.41, 5.74) is 7.15. The Bertz CT molecular complexity index is 496. The Morgan fingerprint density at radius 1 is 1.43 bits per heavy atom. The number of carbonyl (C=O) groups excluding carboxylic acids is 1. The second-order valence-corrected chi connectivity index (χ2v) is 6.10. The summed E-state index contributed by atoms with van der Waals surface area (Å²) >= 11 is 0. The zero-order valence-electron chi connectivity index (χ0n) is 13.3. The highest BCUT2D eigenvalue weighted by Gasteiger charge is 2.32. The van der Waals surface area contributed by atoms with E-state index in [1.165, 1.54) is 0 Å². The number of nitrogens with two attached hydrogens (primary N) is 1. The van der Waals surface area contributed by atoms with Gasteiger partial charge in [-0.15, -0.1) is 0 Å². The molecule has 1 amide bonds. The van der Waals surface area contributed by atoms with E-state index < -0.39 is 0 Å². The Morgan fingerprint density at radius 3 is 2.67 bits per heavy atom. The minimum atomic E-state index is 0.0906. The van der Waals surface area contributed by atoms with Crippen molar-refractivity contribution < 1.29 is 9.53 Å². The smallest absolute Gasteiger partial charge is 0.254 e. The van der Waals surface area contributed by atoms with Crippen LogP contribution in [-0.4, -0.2) is 30.0 Å². The van der Waals surface area contributed by atoms with Crippen molar-refractivity contribution in [2.24, 2.45) is 5.92 Å². The molecular formula is C17H26N2O2. The molecule has 0 atom stereocenters. The largest absolute Gasteiger partial charge is 0.492 e. The zero-order chi connectivity index (χ0) is 15.4. The number of nitrogen functional groups attached to an aromatic ring is 1. The topological polar surface area (TPSA) is 55.6 Å². The molecule has 0 bridgehead atoms. The minimum absolute atomic E-state index is 0.0906. The Kier molecular flexibility index (Phi) is 5.10. The molecule has 0 saturated heterocycles. The van der Waals surface area contributed by atoms with Gasteiger partial charge in [0.1, 0.15) is 5.75 Å². The van der Waals surface area contributed by atoms with Gasteiger partial charge >= 0.3 is 0 Å². The molecule has 1 saturated carbocycles. The molecule has 1 fully saturated rings. The van der Waals surface area contributed by atoms with Crippen LogP contribution >= 0.6 is 0 Å². The summed E-state index contributed by atoms with van der Waals surface area (Å²) in [7, 11) is 0. The van der Waals surface area contributed by atoms with Crippen molar-refractivity contribution in [1.82, 2.24) is 4.90 Å². The Morgan fingerprint density at radius 2 is 2.14 bits per heavy atom. The molecule has 0 radical (unpaired) electrons. The van der Waals surface area contributed by atoms with E-state index in [-0.39, 0.29) is 5.91 Å². The first kappa shape index (κ1) is 15.7. The second kappa shape index (κ2) is 6.83. The lowest BCUT2D eigenvalue weighted by Crippen LogP contribution is -2.34. The number of hydrogen-bond donors (Lipinski definition) is 1. The van der Waals surface area contributed by atoms with E-state index in [1.807, 2.05) is 17.9 Å². The molecule has 116 valence electrons. The highest BCUT2D eigenvalue weighted by atomic mass is 16.5. The number of benzene rings is 1. The predicted octanol–water partition coefficient (Wildman–Crippen LogP) is 3.32. The second-order valence-electron chi connectivity index (χ2n) is 6.10. The zero-order valence-corrected chi connectivity index (χ0v) is 13.3. The van der Waals surface area contributed by atoms with Gasteiger partial charge in [-0.05, 0) is 50.3 Å². The van der Waals surface area contributed by atoms with Crippen LogP contribution < -0.4 is 10.5 Å². The molecule has 1 aromatic rings. The summed E-state index contributed by atoms with van der Waals surface area (Å²) in [6, 6.07) is 5.76. The van der Waals surface area contributed by atoms with Gasteiger partial charge in [0, 0.05) is 18.2 Å². The molecule has 0 unspecified atom stereocenters. The fraction of sp³-hybridized carbons (Fsp3) is 0.588. The average molecular weight is 290 g/mol. The first-order valence-electron chi connectivity index (χ1n) is 7.86. The van der Waals surface area contributed by atoms with Gasteiger partial charge in [0.15, 0.2) is 0 Å². The van der Waals surface area contributed by atoms with Gasteiger partial charge in [0.2, 0.25) is 0 Å². The SMILES string of the molecule is CCOc1ccc(C(=O)N(CCC(C)C)C2CC2)cc1N. The Balaban J connectivity index is 2.11. The molecule has 1 aromatic carbocycles. The fourth-order valence-electron chi connectivity index (χ4n) is 2.37. The van der Waals surface area contributed by atoms with E-state index in [2.05, 4.69) is 13.8 Å². The van der Waals surface area contributed by atoms with Crippen LogP contribution in [0.3, 0.4) is 0 Å². The van der Waals surface area contributed by atoms with Crippen molar-refractivity contribution in [3.05, 3.63) is 23.8 Å². The van der Waals surface area contributed by atoms with Crippen LogP contribution in [0.25, 0.3) is 0 Å². The average Bonchev–Trinajstić information content (AvgIpc) is 3.25. The van der Waals surface area contributed by atoms with Gasteiger partial charge in [0.05, 0.1) is 12.3 Å². The molecule has 0 aliphatic heterocycles. The van der Waals surface area contributed by atoms with E-state index in [1.54, 1.807) is 12.1 Å². The molecule has 1 aliphatic carbocycles. The van der Waals surface area contributed by atoms with Gasteiger partial charge in [-0.2, -0.15) is 0 Å². The molecule has 0 spiro atoms. The molecule has 4 heteroatoms. The fourth-order valence-corrected chi connectivity index (χ4v) is 2.37. The van der Waals surface area contributed by atoms with Crippen molar-refractivity contribution >= 4 is 11.6 Å². The highest BCUT2D eigenvalue weighted by Crippen LogP contribution is 2.30. The summed E-state index contributed by atoms with van der Waals surface area (Å²) in [5.74, 6) is 1.34. The number of carbonyl (C=O) groups is 1. The van der Waals surface area contributed by atoms with Crippen LogP contribution in [0, 0.1) is 5.92 Å². The van der Waals surface area contributed by atoms with Crippen molar-refractivity contribution in [3.8, 4) is 5.75 Å². The maximum Gasteiger partial charge on any atom is 0.254 e. The first-order chi connectivity index (χ1) is 10.0. The maximum absolute atomic E-state index is 12.7. The molecule has 1 aliphatic rings. The molecule has 2 rings (SSSR count). The van der Waals surface area contributed by atoms with Gasteiger partial charge in [0.25, 0.3) is 5.91 Å². The summed E-state index contributed by atoms with van der Waals surface area (Å²) in [6.07, 6.45) is 3.28. The minimum Gasteiger partial charge on any atom is -0.492 e. The van der Waals surface area contributed by atoms with Crippen molar-refractivity contribution in [3.63, 3.8) is 0 Å². The van der Waals surface area contributed by atoms with Gasteiger partial charge in [-0.1, -0.05) is 13.8 Å². The summed E-state index contributed by atoms with van der Waals surface area (Å²) in [4.78, 5) is 14.7. The maximum atomic E-state index is 12.7. The van der Waals surface area contributed by atoms with E-state index in [9.17, 15) is 4.79 Å². The Hall–Kier alpha value is -1.71. The van der Waals surface area contributed by atoms with Crippen molar-refractivity contribution in [2.45, 2.75) is 46.1 Å². The monoisotopic (exact) mass is 290 g/mol. The van der Waals surface area contributed by atoms with Crippen molar-refractivity contribution in [2.75, 3.05) is 18.9 Å². The molecule has 4 nitrogen and oxygen atoms in total. The van der Waals surface area contributed by atoms with Gasteiger partial charge < -0.3 is 15.4 Å². The predicted molar refractivity (Wildman–Crippen MR) is 85.5 cm³/mol. The summed E-state index contributed by atoms with van der Waals surface area (Å²) in [6.45, 7) is 7.68. The number of nitrogens with zero attached hydrogens (tertiary/aromatic N) is 1. The van der Waals surface area contributed by atoms with Crippen LogP contribution in [0.4, 0.5) is 5.69 Å². The number of anilines is 1. The van der Waals surface area contributed by atoms with E-state index in [4.69, 9.17) is 10.5 Å². The molecule has 2 N–H and O–H groups in total. The van der Waals surface area contributed by atoms with E-state index in [0.717, 1.165) is 25.8 Å². The highest BCUT2D eigenvalue weighted by molar-refractivity contribution is 5.95. The lowest BCUT2D eigenvalue weighted by atomic mass is 10.1. The third-order valence-corrected chi connectivity index (χ3v) is 3.75. The third-order valence-electron chi connectivity index (χ3n) is 3.75. The van der Waals surface area contributed by atoms with Crippen LogP contribution in [0.2, 0.25) is 0 Å². The molecule has 21 heavy (non-hydrogen) atoms. The first-order valence-corrected chi connectivity index (χ1v) is 7.86. The summed E-state index contributed by atoms with van der Waals surface area (Å²) in [5, 5.41) is 0. The van der Waals surface area contributed by atoms with Gasteiger partial charge in [-0.3, -0.25) is 4.79 Å². The number of ether oxygens (including phenoxy) is 1. The van der Waals surface area contributed by atoms with Crippen LogP contribution in [0.1, 0.15) is 50.4 Å². The van der Waals surface area contributed by atoms with Crippen LogP contribution in [0.15, 0.2) is 18.2 Å². The molecular weight excluding hydrogens is 264 g/mol. The van der Waals surface area contributed by atoms with Crippen molar-refractivity contribution in [1.29, 1.82) is 0 Å².